The number of aromatic nitrogens is 3. The second kappa shape index (κ2) is 45.4. The van der Waals surface area contributed by atoms with Gasteiger partial charge < -0.3 is 48.5 Å². The van der Waals surface area contributed by atoms with Gasteiger partial charge >= 0.3 is 48.4 Å². The Balaban J connectivity index is 0.000000179. The van der Waals surface area contributed by atoms with Crippen molar-refractivity contribution in [2.45, 2.75) is 183 Å². The molecular weight excluding hydrogens is 1670 g/mol. The lowest BCUT2D eigenvalue weighted by Gasteiger charge is -2.26. The van der Waals surface area contributed by atoms with Gasteiger partial charge in [0.2, 0.25) is 17.7 Å². The summed E-state index contributed by atoms with van der Waals surface area (Å²) in [5, 5.41) is 13.3. The Morgan fingerprint density at radius 3 is 1.06 bits per heavy atom. The maximum absolute atomic E-state index is 13.9. The maximum Gasteiger partial charge on any atom is 0.417 e. The number of nitrogens with one attached hydrogen (secondary N) is 2. The van der Waals surface area contributed by atoms with Gasteiger partial charge in [-0.1, -0.05) is 234 Å². The number of nitrogens with zero attached hydrogens (tertiary/aromatic N) is 6. The third-order valence-corrected chi connectivity index (χ3v) is 21.6. The normalized spacial score (nSPS) is 15.0. The number of ether oxygens (including phenoxy) is 8. The predicted molar refractivity (Wildman–Crippen MR) is 492 cm³/mol. The second-order valence-electron chi connectivity index (χ2n) is 34.4. The molecule has 3 fully saturated rings. The van der Waals surface area contributed by atoms with Crippen molar-refractivity contribution in [3.05, 3.63) is 343 Å². The zero-order valence-corrected chi connectivity index (χ0v) is 76.1. The van der Waals surface area contributed by atoms with E-state index in [4.69, 9.17) is 37.9 Å². The molecule has 0 spiro atoms. The van der Waals surface area contributed by atoms with E-state index in [2.05, 4.69) is 27.9 Å². The SMILES string of the molecule is CCn1nnc2ccccc21.Cc1ccc(C(=O)OCc2ccc(CC(=O)N3C(=O)OC[C@H]3Cc3ccccc3)cc2)c(C)c1.Cc1ccc(C(=O)OCc2ccc([C@@H](CNC(=O)OC(C)(C)C)C(=O)N3C(=O)OC[C@H]3Cc3ccccc3)cc2)c(C)c1.Cc1ccc(C(=O)OCc2ccc([C@H](CNC(=O)OC(C)(C)C)C(=O)N3C(=O)OC[C@H]3Cc3ccccc3)cc2)c(C)c1. The second-order valence-corrected chi connectivity index (χ2v) is 34.4. The first-order valence-electron chi connectivity index (χ1n) is 43.4. The number of alkyl carbamates (subject to hydrolysis) is 2. The van der Waals surface area contributed by atoms with Crippen molar-refractivity contribution in [1.29, 1.82) is 0 Å². The molecular formula is C104H112N8O19. The van der Waals surface area contributed by atoms with Crippen molar-refractivity contribution in [2.24, 2.45) is 0 Å². The number of benzene rings is 10. The average molecular weight is 1780 g/mol. The van der Waals surface area contributed by atoms with Gasteiger partial charge in [0, 0.05) is 19.6 Å². The number of cyclic esters (lactones) is 3. The van der Waals surface area contributed by atoms with Crippen LogP contribution in [0.5, 0.6) is 0 Å². The standard InChI is InChI=1S/2C34H38N2O7.C28H27NO5.C8H9N3/c2*1-22-11-16-28(23(2)17-22)31(38)41-20-25-12-14-26(15-13-25)29(19-35-32(39)43-34(3,4)5)30(37)36-27(21-42-33(36)40)18-24-9-7-6-8-10-24;1-19-8-13-25(20(2)14-19)27(31)33-17-23-11-9-22(10-12-23)16-26(30)29-24(18-34-28(29)32)15-21-6-4-3-5-7-21;1-2-11-8-6-4-3-5-7(8)9-10-11/h2*6-17,27,29H,18-21H2,1-5H3,(H,35,39);3-14,24H,15-18H2,1-2H3;3-6H,2H2,1H3/t27-,29+;27-,29-;24-;/m111./s1. The quantitative estimate of drug-likeness (QED) is 0.0376. The Hall–Kier alpha value is -14.6. The summed E-state index contributed by atoms with van der Waals surface area (Å²) >= 11 is 0. The highest BCUT2D eigenvalue weighted by Crippen LogP contribution is 2.31. The molecule has 0 bridgehead atoms. The third kappa shape index (κ3) is 27.9. The average Bonchev–Trinajstić information content (AvgIpc) is 1.71. The van der Waals surface area contributed by atoms with E-state index in [1.54, 1.807) is 108 Å². The summed E-state index contributed by atoms with van der Waals surface area (Å²) in [7, 11) is 0. The maximum atomic E-state index is 13.9. The monoisotopic (exact) mass is 1780 g/mol. The summed E-state index contributed by atoms with van der Waals surface area (Å²) in [6.07, 6.45) is -1.86. The Kier molecular flexibility index (Phi) is 33.6. The van der Waals surface area contributed by atoms with E-state index >= 15 is 0 Å². The molecule has 27 heteroatoms. The van der Waals surface area contributed by atoms with Crippen molar-refractivity contribution in [2.75, 3.05) is 32.9 Å². The molecule has 4 heterocycles. The van der Waals surface area contributed by atoms with Crippen LogP contribution in [0.3, 0.4) is 0 Å². The van der Waals surface area contributed by atoms with Crippen molar-refractivity contribution in [3.63, 3.8) is 0 Å². The molecule has 0 unspecified atom stereocenters. The first-order chi connectivity index (χ1) is 62.6. The Morgan fingerprint density at radius 1 is 0.397 bits per heavy atom. The summed E-state index contributed by atoms with van der Waals surface area (Å²) in [5.74, 6) is -4.29. The molecule has 0 saturated carbocycles. The zero-order chi connectivity index (χ0) is 94.1. The number of hydrogen-bond donors (Lipinski definition) is 2. The van der Waals surface area contributed by atoms with Crippen LogP contribution >= 0.6 is 0 Å². The molecule has 131 heavy (non-hydrogen) atoms. The first-order valence-corrected chi connectivity index (χ1v) is 43.4. The van der Waals surface area contributed by atoms with Crippen LogP contribution in [0.2, 0.25) is 0 Å². The minimum Gasteiger partial charge on any atom is -0.457 e. The van der Waals surface area contributed by atoms with E-state index in [0.717, 1.165) is 99.7 Å². The van der Waals surface area contributed by atoms with E-state index < -0.39 is 89.3 Å². The van der Waals surface area contributed by atoms with Gasteiger partial charge in [-0.05, 0) is 206 Å². The number of carbonyl (C=O) groups is 11. The van der Waals surface area contributed by atoms with Crippen LogP contribution in [-0.2, 0) is 104 Å². The number of hydrogen-bond acceptors (Lipinski definition) is 21. The fraction of sp³-hybridized carbons (Fsp3) is 0.317. The third-order valence-electron chi connectivity index (χ3n) is 21.6. The topological polar surface area (TPSA) is 326 Å². The largest absolute Gasteiger partial charge is 0.457 e. The highest BCUT2D eigenvalue weighted by molar-refractivity contribution is 5.99. The van der Waals surface area contributed by atoms with Gasteiger partial charge in [0.05, 0.1) is 58.6 Å². The van der Waals surface area contributed by atoms with Crippen LogP contribution < -0.4 is 10.6 Å². The summed E-state index contributed by atoms with van der Waals surface area (Å²) in [6, 6.07) is 73.4. The molecule has 0 aliphatic carbocycles. The number of rotatable bonds is 26. The summed E-state index contributed by atoms with van der Waals surface area (Å²) in [5.41, 5.74) is 15.1. The van der Waals surface area contributed by atoms with E-state index in [0.29, 0.717) is 47.1 Å². The number of fused-ring (bicyclic) bond motifs is 1. The number of amides is 8. The lowest BCUT2D eigenvalue weighted by molar-refractivity contribution is -0.131. The van der Waals surface area contributed by atoms with E-state index in [9.17, 15) is 52.7 Å². The van der Waals surface area contributed by atoms with Crippen LogP contribution in [0.4, 0.5) is 24.0 Å². The number of esters is 3. The van der Waals surface area contributed by atoms with E-state index in [-0.39, 0.29) is 77.1 Å². The van der Waals surface area contributed by atoms with Gasteiger partial charge in [-0.3, -0.25) is 14.4 Å². The minimum atomic E-state index is -0.900. The first kappa shape index (κ1) is 97.0. The smallest absolute Gasteiger partial charge is 0.417 e. The number of aryl methyl sites for hydroxylation is 7. The number of carbonyl (C=O) groups excluding carboxylic acids is 11. The summed E-state index contributed by atoms with van der Waals surface area (Å²) in [6.45, 7) is 25.3. The van der Waals surface area contributed by atoms with Crippen LogP contribution in [-0.4, -0.2) is 158 Å². The molecule has 682 valence electrons. The van der Waals surface area contributed by atoms with Crippen LogP contribution in [0, 0.1) is 41.5 Å². The minimum absolute atomic E-state index is 0.0405. The fourth-order valence-electron chi connectivity index (χ4n) is 15.0. The zero-order valence-electron chi connectivity index (χ0n) is 76.1. The van der Waals surface area contributed by atoms with Crippen molar-refractivity contribution in [1.82, 2.24) is 40.3 Å². The molecule has 3 aliphatic rings. The van der Waals surface area contributed by atoms with Crippen molar-refractivity contribution >= 4 is 77.1 Å². The molecule has 14 rings (SSSR count). The molecule has 27 nitrogen and oxygen atoms in total. The molecule has 11 aromatic rings. The molecule has 3 aliphatic heterocycles. The Morgan fingerprint density at radius 2 is 0.718 bits per heavy atom. The molecule has 8 amide bonds. The summed E-state index contributed by atoms with van der Waals surface area (Å²) < 4.78 is 44.8. The molecule has 1 aromatic heterocycles. The molecule has 3 saturated heterocycles. The summed E-state index contributed by atoms with van der Waals surface area (Å²) in [4.78, 5) is 145. The van der Waals surface area contributed by atoms with E-state index in [1.807, 2.05) is 222 Å². The molecule has 5 atom stereocenters. The lowest BCUT2D eigenvalue weighted by atomic mass is 9.95. The van der Waals surface area contributed by atoms with Crippen molar-refractivity contribution in [3.8, 4) is 0 Å². The van der Waals surface area contributed by atoms with Gasteiger partial charge in [0.25, 0.3) is 0 Å². The van der Waals surface area contributed by atoms with Crippen molar-refractivity contribution < 1.29 is 90.6 Å². The van der Waals surface area contributed by atoms with Gasteiger partial charge in [-0.25, -0.2) is 57.7 Å². The highest BCUT2D eigenvalue weighted by Gasteiger charge is 2.44. The van der Waals surface area contributed by atoms with Gasteiger partial charge in [0.15, 0.2) is 0 Å². The van der Waals surface area contributed by atoms with E-state index in [1.165, 1.54) is 4.90 Å². The predicted octanol–water partition coefficient (Wildman–Crippen LogP) is 18.0. The lowest BCUT2D eigenvalue weighted by Crippen LogP contribution is -2.46. The molecule has 0 radical (unpaired) electrons. The number of para-hydroxylation sites is 1. The van der Waals surface area contributed by atoms with Crippen LogP contribution in [0.25, 0.3) is 11.0 Å². The fourth-order valence-corrected chi connectivity index (χ4v) is 15.0. The Labute approximate surface area is 763 Å². The van der Waals surface area contributed by atoms with Crippen LogP contribution in [0.1, 0.15) is 175 Å². The number of imide groups is 3. The highest BCUT2D eigenvalue weighted by atomic mass is 16.6. The van der Waals surface area contributed by atoms with Gasteiger partial charge in [0.1, 0.15) is 56.4 Å². The van der Waals surface area contributed by atoms with Gasteiger partial charge in [-0.15, -0.1) is 5.10 Å². The Bertz CT molecular complexity index is 5610. The molecule has 2 N–H and O–H groups in total. The van der Waals surface area contributed by atoms with Crippen LogP contribution in [0.15, 0.2) is 243 Å². The molecule has 10 aromatic carbocycles. The van der Waals surface area contributed by atoms with Gasteiger partial charge in [-0.2, -0.15) is 0 Å².